The second-order valence-electron chi connectivity index (χ2n) is 3.67. The average Bonchev–Trinajstić information content (AvgIpc) is 2.39. The Balaban J connectivity index is 2.61. The molecular formula is C13H17BrClNO3. The van der Waals surface area contributed by atoms with Gasteiger partial charge >= 0.3 is 0 Å². The molecule has 0 saturated heterocycles. The zero-order valence-electron chi connectivity index (χ0n) is 10.9. The third kappa shape index (κ3) is 5.48. The number of nitrogens with one attached hydrogen (secondary N) is 1. The van der Waals surface area contributed by atoms with Gasteiger partial charge in [-0.3, -0.25) is 4.79 Å². The minimum absolute atomic E-state index is 0.223. The van der Waals surface area contributed by atoms with Crippen LogP contribution in [-0.4, -0.2) is 32.0 Å². The van der Waals surface area contributed by atoms with Gasteiger partial charge in [-0.25, -0.2) is 0 Å². The van der Waals surface area contributed by atoms with E-state index in [1.165, 1.54) is 0 Å². The van der Waals surface area contributed by atoms with E-state index in [0.29, 0.717) is 34.8 Å². The summed E-state index contributed by atoms with van der Waals surface area (Å²) in [5, 5.41) is 3.27. The molecule has 0 atom stereocenters. The van der Waals surface area contributed by atoms with E-state index in [1.54, 1.807) is 18.2 Å². The van der Waals surface area contributed by atoms with E-state index in [2.05, 4.69) is 21.2 Å². The van der Waals surface area contributed by atoms with Crippen molar-refractivity contribution in [3.05, 3.63) is 33.3 Å². The summed E-state index contributed by atoms with van der Waals surface area (Å²) in [4.78, 5) is 12.0. The molecular weight excluding hydrogens is 334 g/mol. The molecule has 106 valence electrons. The van der Waals surface area contributed by atoms with Gasteiger partial charge in [0.15, 0.2) is 6.29 Å². The molecule has 1 amide bonds. The second kappa shape index (κ2) is 8.53. The van der Waals surface area contributed by atoms with E-state index >= 15 is 0 Å². The number of halogens is 2. The largest absolute Gasteiger partial charge is 0.351 e. The molecule has 19 heavy (non-hydrogen) atoms. The van der Waals surface area contributed by atoms with E-state index in [4.69, 9.17) is 21.1 Å². The molecule has 1 aromatic carbocycles. The molecule has 0 aliphatic carbocycles. The van der Waals surface area contributed by atoms with Crippen molar-refractivity contribution in [2.24, 2.45) is 0 Å². The Bertz CT molecular complexity index is 422. The first kappa shape index (κ1) is 16.4. The lowest BCUT2D eigenvalue weighted by Gasteiger charge is -2.17. The second-order valence-corrected chi connectivity index (χ2v) is 4.97. The molecule has 0 aliphatic rings. The Morgan fingerprint density at radius 3 is 2.58 bits per heavy atom. The predicted octanol–water partition coefficient (Wildman–Crippen LogP) is 3.23. The average molecular weight is 351 g/mol. The molecule has 0 spiro atoms. The van der Waals surface area contributed by atoms with E-state index in [-0.39, 0.29) is 5.91 Å². The summed E-state index contributed by atoms with van der Waals surface area (Å²) in [5.74, 6) is -0.223. The highest BCUT2D eigenvalue weighted by molar-refractivity contribution is 9.10. The van der Waals surface area contributed by atoms with Crippen LogP contribution in [0.15, 0.2) is 22.7 Å². The van der Waals surface area contributed by atoms with Crippen molar-refractivity contribution in [1.29, 1.82) is 0 Å². The third-order valence-electron chi connectivity index (χ3n) is 2.31. The van der Waals surface area contributed by atoms with Crippen LogP contribution >= 0.6 is 27.5 Å². The number of carbonyl (C=O) groups is 1. The number of ether oxygens (including phenoxy) is 2. The van der Waals surface area contributed by atoms with E-state index in [1.807, 2.05) is 13.8 Å². The van der Waals surface area contributed by atoms with Crippen LogP contribution in [0.25, 0.3) is 0 Å². The lowest BCUT2D eigenvalue weighted by atomic mass is 10.2. The summed E-state index contributed by atoms with van der Waals surface area (Å²) >= 11 is 9.19. The van der Waals surface area contributed by atoms with Gasteiger partial charge in [-0.15, -0.1) is 0 Å². The molecule has 0 aromatic heterocycles. The molecule has 0 bridgehead atoms. The minimum atomic E-state index is -0.433. The molecule has 1 N–H and O–H groups in total. The summed E-state index contributed by atoms with van der Waals surface area (Å²) in [7, 11) is 0. The van der Waals surface area contributed by atoms with E-state index in [9.17, 15) is 4.79 Å². The van der Waals surface area contributed by atoms with Crippen LogP contribution in [0.5, 0.6) is 0 Å². The van der Waals surface area contributed by atoms with Crippen LogP contribution in [-0.2, 0) is 9.47 Å². The quantitative estimate of drug-likeness (QED) is 0.768. The molecule has 0 saturated carbocycles. The van der Waals surface area contributed by atoms with Gasteiger partial charge in [-0.2, -0.15) is 0 Å². The normalized spacial score (nSPS) is 10.8. The molecule has 1 aromatic rings. The minimum Gasteiger partial charge on any atom is -0.351 e. The van der Waals surface area contributed by atoms with E-state index < -0.39 is 6.29 Å². The van der Waals surface area contributed by atoms with Gasteiger partial charge in [0.25, 0.3) is 5.91 Å². The summed E-state index contributed by atoms with van der Waals surface area (Å²) in [6.45, 7) is 5.10. The van der Waals surface area contributed by atoms with Crippen molar-refractivity contribution in [2.45, 2.75) is 20.1 Å². The standard InChI is InChI=1S/C13H17BrClNO3/c1-3-18-12(19-4-2)8-16-13(17)10-7-9(15)5-6-11(10)14/h5-7,12H,3-4,8H2,1-2H3,(H,16,17). The Morgan fingerprint density at radius 1 is 1.37 bits per heavy atom. The Hall–Kier alpha value is -0.620. The predicted molar refractivity (Wildman–Crippen MR) is 78.5 cm³/mol. The zero-order valence-corrected chi connectivity index (χ0v) is 13.3. The lowest BCUT2D eigenvalue weighted by Crippen LogP contribution is -2.35. The topological polar surface area (TPSA) is 47.6 Å². The summed E-state index contributed by atoms with van der Waals surface area (Å²) in [6.07, 6.45) is -0.433. The summed E-state index contributed by atoms with van der Waals surface area (Å²) in [6, 6.07) is 5.06. The van der Waals surface area contributed by atoms with Crippen molar-refractivity contribution in [3.63, 3.8) is 0 Å². The van der Waals surface area contributed by atoms with Gasteiger partial charge in [0.2, 0.25) is 0 Å². The summed E-state index contributed by atoms with van der Waals surface area (Å²) < 4.78 is 11.4. The van der Waals surface area contributed by atoms with Crippen LogP contribution in [0, 0.1) is 0 Å². The Labute approximate surface area is 126 Å². The van der Waals surface area contributed by atoms with Crippen molar-refractivity contribution < 1.29 is 14.3 Å². The van der Waals surface area contributed by atoms with Crippen molar-refractivity contribution in [2.75, 3.05) is 19.8 Å². The smallest absolute Gasteiger partial charge is 0.252 e. The highest BCUT2D eigenvalue weighted by atomic mass is 79.9. The number of rotatable bonds is 7. The lowest BCUT2D eigenvalue weighted by molar-refractivity contribution is -0.131. The first-order valence-electron chi connectivity index (χ1n) is 6.04. The van der Waals surface area contributed by atoms with Crippen molar-refractivity contribution >= 4 is 33.4 Å². The zero-order chi connectivity index (χ0) is 14.3. The third-order valence-corrected chi connectivity index (χ3v) is 3.23. The van der Waals surface area contributed by atoms with Crippen molar-refractivity contribution in [3.8, 4) is 0 Å². The monoisotopic (exact) mass is 349 g/mol. The maximum absolute atomic E-state index is 12.0. The van der Waals surface area contributed by atoms with Gasteiger partial charge in [-0.05, 0) is 48.0 Å². The van der Waals surface area contributed by atoms with Crippen LogP contribution in [0.3, 0.4) is 0 Å². The SMILES string of the molecule is CCOC(CNC(=O)c1cc(Cl)ccc1Br)OCC. The fourth-order valence-corrected chi connectivity index (χ4v) is 2.08. The Morgan fingerprint density at radius 2 is 2.00 bits per heavy atom. The first-order valence-corrected chi connectivity index (χ1v) is 7.22. The molecule has 0 aliphatic heterocycles. The van der Waals surface area contributed by atoms with Crippen LogP contribution in [0.4, 0.5) is 0 Å². The molecule has 6 heteroatoms. The number of benzene rings is 1. The fourth-order valence-electron chi connectivity index (χ4n) is 1.48. The van der Waals surface area contributed by atoms with Crippen LogP contribution in [0.2, 0.25) is 5.02 Å². The number of hydrogen-bond acceptors (Lipinski definition) is 3. The number of carbonyl (C=O) groups excluding carboxylic acids is 1. The molecule has 4 nitrogen and oxygen atoms in total. The highest BCUT2D eigenvalue weighted by Crippen LogP contribution is 2.20. The Kier molecular flexibility index (Phi) is 7.38. The van der Waals surface area contributed by atoms with Gasteiger partial charge in [0.1, 0.15) is 0 Å². The maximum Gasteiger partial charge on any atom is 0.252 e. The molecule has 1 rings (SSSR count). The van der Waals surface area contributed by atoms with Crippen molar-refractivity contribution in [1.82, 2.24) is 5.32 Å². The van der Waals surface area contributed by atoms with Gasteiger partial charge < -0.3 is 14.8 Å². The van der Waals surface area contributed by atoms with Crippen LogP contribution in [0.1, 0.15) is 24.2 Å². The van der Waals surface area contributed by atoms with E-state index in [0.717, 1.165) is 0 Å². The molecule has 0 radical (unpaired) electrons. The van der Waals surface area contributed by atoms with Crippen LogP contribution < -0.4 is 5.32 Å². The first-order chi connectivity index (χ1) is 9.08. The molecule has 0 unspecified atom stereocenters. The number of hydrogen-bond donors (Lipinski definition) is 1. The maximum atomic E-state index is 12.0. The number of amides is 1. The molecule has 0 fully saturated rings. The highest BCUT2D eigenvalue weighted by Gasteiger charge is 2.14. The molecule has 0 heterocycles. The van der Waals surface area contributed by atoms with Gasteiger partial charge in [-0.1, -0.05) is 11.6 Å². The fraction of sp³-hybridized carbons (Fsp3) is 0.462. The van der Waals surface area contributed by atoms with Gasteiger partial charge in [0, 0.05) is 22.7 Å². The van der Waals surface area contributed by atoms with Gasteiger partial charge in [0.05, 0.1) is 12.1 Å². The summed E-state index contributed by atoms with van der Waals surface area (Å²) in [5.41, 5.74) is 0.485.